The van der Waals surface area contributed by atoms with Gasteiger partial charge < -0.3 is 31.7 Å². The minimum Gasteiger partial charge on any atom is -0.373 e. The van der Waals surface area contributed by atoms with Crippen LogP contribution in [-0.2, 0) is 25.4 Å². The molecule has 0 unspecified atom stereocenters. The van der Waals surface area contributed by atoms with Gasteiger partial charge in [-0.15, -0.1) is 5.10 Å². The van der Waals surface area contributed by atoms with Crippen LogP contribution < -0.4 is 21.4 Å². The molecule has 220 valence electrons. The Bertz CT molecular complexity index is 1170. The molecule has 0 amide bonds. The molecule has 3 rings (SSSR count). The van der Waals surface area contributed by atoms with Crippen LogP contribution in [0.25, 0.3) is 0 Å². The maximum absolute atomic E-state index is 13.5. The number of hydrazone groups is 1. The van der Waals surface area contributed by atoms with E-state index in [1.807, 2.05) is 6.92 Å². The van der Waals surface area contributed by atoms with Crippen LogP contribution in [0.5, 0.6) is 0 Å². The first kappa shape index (κ1) is 30.8. The molecule has 0 atom stereocenters. The number of guanidine groups is 1. The van der Waals surface area contributed by atoms with E-state index in [1.54, 1.807) is 13.1 Å². The number of alkyl halides is 6. The van der Waals surface area contributed by atoms with Crippen molar-refractivity contribution >= 4 is 23.8 Å². The van der Waals surface area contributed by atoms with E-state index in [9.17, 15) is 26.3 Å². The second kappa shape index (κ2) is 12.6. The van der Waals surface area contributed by atoms with E-state index < -0.39 is 30.0 Å². The second-order valence-corrected chi connectivity index (χ2v) is 9.60. The number of anilines is 2. The molecule has 0 spiro atoms. The van der Waals surface area contributed by atoms with E-state index in [4.69, 9.17) is 16.1 Å². The highest BCUT2D eigenvalue weighted by Gasteiger charge is 2.37. The molecule has 1 aliphatic carbocycles. The van der Waals surface area contributed by atoms with Crippen molar-refractivity contribution < 1.29 is 26.3 Å². The van der Waals surface area contributed by atoms with Gasteiger partial charge in [-0.05, 0) is 55.5 Å². The van der Waals surface area contributed by atoms with E-state index in [2.05, 4.69) is 20.7 Å². The average molecular weight is 573 g/mol. The standard InChI is InChI=1S/C26H34F6N8/c1-4-39(13-16-6-5-7-16)23-19(10-18(12-33)22(35-2)37-23)15-40(24(34)38-36-3)14-17-8-20(25(27,28)29)11-21(9-17)26(30,31)32/h8-12,16,33,36H,4-7,13-15H2,1-3H3,(H2,34,38)(H,35,37). The molecule has 1 aromatic heterocycles. The summed E-state index contributed by atoms with van der Waals surface area (Å²) in [6, 6.07) is 3.16. The van der Waals surface area contributed by atoms with Gasteiger partial charge in [0.25, 0.3) is 0 Å². The van der Waals surface area contributed by atoms with Gasteiger partial charge in [0.1, 0.15) is 11.6 Å². The monoisotopic (exact) mass is 572 g/mol. The van der Waals surface area contributed by atoms with Crippen LogP contribution in [0.4, 0.5) is 38.0 Å². The van der Waals surface area contributed by atoms with E-state index in [-0.39, 0.29) is 24.1 Å². The average Bonchev–Trinajstić information content (AvgIpc) is 2.86. The van der Waals surface area contributed by atoms with Crippen molar-refractivity contribution in [3.8, 4) is 0 Å². The highest BCUT2D eigenvalue weighted by molar-refractivity contribution is 5.86. The van der Waals surface area contributed by atoms with Gasteiger partial charge in [0.2, 0.25) is 5.96 Å². The predicted octanol–water partition coefficient (Wildman–Crippen LogP) is 5.24. The number of rotatable bonds is 11. The Kier molecular flexibility index (Phi) is 9.74. The minimum absolute atomic E-state index is 0.0387. The molecular weight excluding hydrogens is 538 g/mol. The fourth-order valence-corrected chi connectivity index (χ4v) is 4.56. The smallest absolute Gasteiger partial charge is 0.373 e. The first-order valence-electron chi connectivity index (χ1n) is 12.8. The first-order chi connectivity index (χ1) is 18.8. The van der Waals surface area contributed by atoms with Crippen LogP contribution in [0.3, 0.4) is 0 Å². The van der Waals surface area contributed by atoms with Crippen molar-refractivity contribution in [2.75, 3.05) is 37.4 Å². The molecule has 0 saturated heterocycles. The molecule has 1 aliphatic rings. The summed E-state index contributed by atoms with van der Waals surface area (Å²) in [6.07, 6.45) is -5.51. The summed E-state index contributed by atoms with van der Waals surface area (Å²) in [6.45, 7) is 2.90. The Morgan fingerprint density at radius 2 is 1.70 bits per heavy atom. The molecule has 0 radical (unpaired) electrons. The predicted molar refractivity (Wildman–Crippen MR) is 143 cm³/mol. The Hall–Kier alpha value is -3.71. The number of hydrogen-bond donors (Lipinski definition) is 4. The third-order valence-corrected chi connectivity index (χ3v) is 6.82. The lowest BCUT2D eigenvalue weighted by Gasteiger charge is -2.34. The Balaban J connectivity index is 2.09. The zero-order chi connectivity index (χ0) is 29.7. The van der Waals surface area contributed by atoms with Crippen molar-refractivity contribution in [1.29, 1.82) is 5.41 Å². The fourth-order valence-electron chi connectivity index (χ4n) is 4.56. The molecule has 1 aromatic carbocycles. The van der Waals surface area contributed by atoms with Crippen LogP contribution in [0.15, 0.2) is 29.4 Å². The Morgan fingerprint density at radius 3 is 2.15 bits per heavy atom. The second-order valence-electron chi connectivity index (χ2n) is 9.60. The molecule has 1 heterocycles. The maximum atomic E-state index is 13.5. The van der Waals surface area contributed by atoms with Gasteiger partial charge in [-0.1, -0.05) is 6.42 Å². The molecular formula is C26H34F6N8. The van der Waals surface area contributed by atoms with Crippen LogP contribution in [-0.4, -0.2) is 49.2 Å². The fraction of sp³-hybridized carbons (Fsp3) is 0.500. The Labute approximate surface area is 229 Å². The molecule has 0 aliphatic heterocycles. The normalized spacial score (nSPS) is 14.5. The Morgan fingerprint density at radius 1 is 1.07 bits per heavy atom. The molecule has 40 heavy (non-hydrogen) atoms. The van der Waals surface area contributed by atoms with Crippen molar-refractivity contribution in [2.24, 2.45) is 16.8 Å². The topological polar surface area (TPSA) is 106 Å². The third-order valence-electron chi connectivity index (χ3n) is 6.82. The number of nitrogens with one attached hydrogen (secondary N) is 3. The molecule has 14 heteroatoms. The van der Waals surface area contributed by atoms with Crippen LogP contribution in [0, 0.1) is 11.3 Å². The van der Waals surface area contributed by atoms with Gasteiger partial charge in [-0.2, -0.15) is 26.3 Å². The van der Waals surface area contributed by atoms with Gasteiger partial charge in [0, 0.05) is 57.6 Å². The van der Waals surface area contributed by atoms with Gasteiger partial charge >= 0.3 is 12.4 Å². The van der Waals surface area contributed by atoms with E-state index in [1.165, 1.54) is 11.9 Å². The van der Waals surface area contributed by atoms with Gasteiger partial charge in [0.15, 0.2) is 0 Å². The van der Waals surface area contributed by atoms with Gasteiger partial charge in [-0.3, -0.25) is 0 Å². The largest absolute Gasteiger partial charge is 0.416 e. The summed E-state index contributed by atoms with van der Waals surface area (Å²) in [4.78, 5) is 8.20. The van der Waals surface area contributed by atoms with Crippen molar-refractivity contribution in [1.82, 2.24) is 15.3 Å². The van der Waals surface area contributed by atoms with Crippen LogP contribution in [0.1, 0.15) is 54.0 Å². The number of benzene rings is 1. The molecule has 2 aromatic rings. The van der Waals surface area contributed by atoms with Crippen molar-refractivity contribution in [3.63, 3.8) is 0 Å². The summed E-state index contributed by atoms with van der Waals surface area (Å²) in [5.41, 5.74) is 6.65. The maximum Gasteiger partial charge on any atom is 0.416 e. The lowest BCUT2D eigenvalue weighted by molar-refractivity contribution is -0.143. The van der Waals surface area contributed by atoms with E-state index in [0.717, 1.165) is 32.0 Å². The zero-order valence-electron chi connectivity index (χ0n) is 22.5. The highest BCUT2D eigenvalue weighted by atomic mass is 19.4. The van der Waals surface area contributed by atoms with Crippen molar-refractivity contribution in [3.05, 3.63) is 52.1 Å². The molecule has 0 bridgehead atoms. The number of nitrogens with two attached hydrogens (primary N) is 1. The van der Waals surface area contributed by atoms with Gasteiger partial charge in [-0.25, -0.2) is 4.98 Å². The number of nitrogens with zero attached hydrogens (tertiary/aromatic N) is 4. The SMILES string of the molecule is CCN(CC1CCC1)c1nc(NC)c(C=N)cc1CN(Cc1cc(C(F)(F)F)cc(C(F)(F)F)c1)/C(N)=N/NC. The molecule has 1 fully saturated rings. The summed E-state index contributed by atoms with van der Waals surface area (Å²) >= 11 is 0. The first-order valence-corrected chi connectivity index (χ1v) is 12.8. The van der Waals surface area contributed by atoms with E-state index >= 15 is 0 Å². The highest BCUT2D eigenvalue weighted by Crippen LogP contribution is 2.37. The van der Waals surface area contributed by atoms with Crippen LogP contribution in [0.2, 0.25) is 0 Å². The molecule has 8 nitrogen and oxygen atoms in total. The minimum atomic E-state index is -4.98. The third kappa shape index (κ3) is 7.48. The lowest BCUT2D eigenvalue weighted by Crippen LogP contribution is -2.39. The van der Waals surface area contributed by atoms with Crippen LogP contribution >= 0.6 is 0 Å². The quantitative estimate of drug-likeness (QED) is 0.127. The molecule has 1 saturated carbocycles. The number of aromatic nitrogens is 1. The summed E-state index contributed by atoms with van der Waals surface area (Å²) < 4.78 is 81.0. The number of halogens is 6. The number of hydrogen-bond acceptors (Lipinski definition) is 6. The van der Waals surface area contributed by atoms with Crippen molar-refractivity contribution in [2.45, 2.75) is 51.6 Å². The summed E-state index contributed by atoms with van der Waals surface area (Å²) in [5.74, 6) is 1.41. The molecule has 5 N–H and O–H groups in total. The summed E-state index contributed by atoms with van der Waals surface area (Å²) in [7, 11) is 3.15. The number of pyridine rings is 1. The lowest BCUT2D eigenvalue weighted by atomic mass is 9.85. The van der Waals surface area contributed by atoms with E-state index in [0.29, 0.717) is 47.4 Å². The summed E-state index contributed by atoms with van der Waals surface area (Å²) in [5, 5.41) is 14.7. The van der Waals surface area contributed by atoms with Gasteiger partial charge in [0.05, 0.1) is 11.1 Å². The zero-order valence-corrected chi connectivity index (χ0v) is 22.5.